The van der Waals surface area contributed by atoms with Crippen molar-refractivity contribution in [1.82, 2.24) is 9.78 Å². The summed E-state index contributed by atoms with van der Waals surface area (Å²) in [7, 11) is 1.54. The summed E-state index contributed by atoms with van der Waals surface area (Å²) in [6.45, 7) is 1.29. The summed E-state index contributed by atoms with van der Waals surface area (Å²) < 4.78 is 6.75. The highest BCUT2D eigenvalue weighted by Gasteiger charge is 2.21. The first-order valence-electron chi connectivity index (χ1n) is 6.36. The maximum atomic E-state index is 9.85. The fourth-order valence-electron chi connectivity index (χ4n) is 1.90. The van der Waals surface area contributed by atoms with E-state index in [-0.39, 0.29) is 13.2 Å². The molecule has 2 aromatic rings. The SMILES string of the molecule is COc1ccc(C#N)cc1-c1[c]cn(C[C@](C)(O)CO)n1. The van der Waals surface area contributed by atoms with Crippen LogP contribution in [0.2, 0.25) is 0 Å². The van der Waals surface area contributed by atoms with Gasteiger partial charge in [0.05, 0.1) is 31.9 Å². The number of nitriles is 1. The van der Waals surface area contributed by atoms with Crippen molar-refractivity contribution in [2.24, 2.45) is 0 Å². The van der Waals surface area contributed by atoms with E-state index in [2.05, 4.69) is 17.2 Å². The number of rotatable bonds is 5. The predicted molar refractivity (Wildman–Crippen MR) is 75.5 cm³/mol. The second-order valence-corrected chi connectivity index (χ2v) is 5.00. The standard InChI is InChI=1S/C15H16N3O3/c1-15(20,10-19)9-18-6-5-13(17-18)12-7-11(8-16)3-4-14(12)21-2/h3-4,6-7,19-20H,9-10H2,1-2H3/t15-/m0/s1. The maximum Gasteiger partial charge on any atom is 0.128 e. The molecule has 0 amide bonds. The Labute approximate surface area is 122 Å². The van der Waals surface area contributed by atoms with E-state index < -0.39 is 5.60 Å². The van der Waals surface area contributed by atoms with Gasteiger partial charge in [-0.25, -0.2) is 0 Å². The highest BCUT2D eigenvalue weighted by molar-refractivity contribution is 5.68. The molecule has 21 heavy (non-hydrogen) atoms. The Bertz CT molecular complexity index is 671. The minimum Gasteiger partial charge on any atom is -0.496 e. The van der Waals surface area contributed by atoms with Gasteiger partial charge < -0.3 is 14.9 Å². The maximum absolute atomic E-state index is 9.85. The lowest BCUT2D eigenvalue weighted by molar-refractivity contribution is -0.0145. The summed E-state index contributed by atoms with van der Waals surface area (Å²) in [5, 5.41) is 32.2. The summed E-state index contributed by atoms with van der Waals surface area (Å²) >= 11 is 0. The molecule has 2 rings (SSSR count). The van der Waals surface area contributed by atoms with Crippen molar-refractivity contribution in [2.45, 2.75) is 19.1 Å². The molecule has 109 valence electrons. The molecule has 0 aliphatic heterocycles. The number of hydrogen-bond acceptors (Lipinski definition) is 5. The zero-order valence-electron chi connectivity index (χ0n) is 11.9. The predicted octanol–water partition coefficient (Wildman–Crippen LogP) is 0.974. The van der Waals surface area contributed by atoms with Crippen LogP contribution in [-0.2, 0) is 6.54 Å². The first-order valence-corrected chi connectivity index (χ1v) is 6.36. The molecule has 0 aliphatic rings. The Balaban J connectivity index is 2.35. The van der Waals surface area contributed by atoms with Crippen molar-refractivity contribution in [3.05, 3.63) is 36.0 Å². The fourth-order valence-corrected chi connectivity index (χ4v) is 1.90. The van der Waals surface area contributed by atoms with Gasteiger partial charge in [0, 0.05) is 17.8 Å². The topological polar surface area (TPSA) is 91.3 Å². The van der Waals surface area contributed by atoms with Crippen molar-refractivity contribution in [1.29, 1.82) is 5.26 Å². The molecule has 0 saturated carbocycles. The van der Waals surface area contributed by atoms with Crippen LogP contribution in [-0.4, -0.2) is 39.3 Å². The zero-order valence-corrected chi connectivity index (χ0v) is 11.9. The van der Waals surface area contributed by atoms with Crippen LogP contribution in [0.15, 0.2) is 24.4 Å². The van der Waals surface area contributed by atoms with Gasteiger partial charge in [0.2, 0.25) is 0 Å². The van der Waals surface area contributed by atoms with E-state index in [0.717, 1.165) is 0 Å². The first kappa shape index (κ1) is 15.0. The number of ether oxygens (including phenoxy) is 1. The van der Waals surface area contributed by atoms with Crippen LogP contribution < -0.4 is 4.74 Å². The molecule has 0 bridgehead atoms. The van der Waals surface area contributed by atoms with Gasteiger partial charge in [-0.15, -0.1) is 0 Å². The molecule has 0 fully saturated rings. The van der Waals surface area contributed by atoms with Gasteiger partial charge in [0.1, 0.15) is 17.0 Å². The molecular formula is C15H16N3O3. The Morgan fingerprint density at radius 3 is 2.90 bits per heavy atom. The Morgan fingerprint density at radius 1 is 1.52 bits per heavy atom. The van der Waals surface area contributed by atoms with Crippen molar-refractivity contribution >= 4 is 0 Å². The second kappa shape index (κ2) is 5.95. The van der Waals surface area contributed by atoms with Crippen LogP contribution in [0.3, 0.4) is 0 Å². The van der Waals surface area contributed by atoms with Gasteiger partial charge in [-0.3, -0.25) is 4.68 Å². The molecule has 0 aliphatic carbocycles. The van der Waals surface area contributed by atoms with E-state index in [4.69, 9.17) is 15.1 Å². The lowest BCUT2D eigenvalue weighted by Crippen LogP contribution is -2.34. The minimum atomic E-state index is -1.25. The zero-order chi connectivity index (χ0) is 15.5. The number of aromatic nitrogens is 2. The molecule has 1 radical (unpaired) electrons. The van der Waals surface area contributed by atoms with Gasteiger partial charge in [-0.2, -0.15) is 10.4 Å². The normalized spacial score (nSPS) is 13.5. The van der Waals surface area contributed by atoms with E-state index in [1.165, 1.54) is 11.6 Å². The summed E-state index contributed by atoms with van der Waals surface area (Å²) in [4.78, 5) is 0. The molecular weight excluding hydrogens is 270 g/mol. The van der Waals surface area contributed by atoms with Gasteiger partial charge in [0.25, 0.3) is 0 Å². The van der Waals surface area contributed by atoms with Crippen LogP contribution in [0.5, 0.6) is 5.75 Å². The number of aliphatic hydroxyl groups is 2. The molecule has 6 heteroatoms. The van der Waals surface area contributed by atoms with E-state index >= 15 is 0 Å². The van der Waals surface area contributed by atoms with Gasteiger partial charge in [-0.05, 0) is 25.1 Å². The van der Waals surface area contributed by atoms with Crippen LogP contribution in [0, 0.1) is 17.4 Å². The fraction of sp³-hybridized carbons (Fsp3) is 0.333. The molecule has 0 unspecified atom stereocenters. The number of aliphatic hydroxyl groups excluding tert-OH is 1. The quantitative estimate of drug-likeness (QED) is 0.854. The van der Waals surface area contributed by atoms with Crippen molar-refractivity contribution < 1.29 is 14.9 Å². The molecule has 0 spiro atoms. The smallest absolute Gasteiger partial charge is 0.128 e. The highest BCUT2D eigenvalue weighted by atomic mass is 16.5. The van der Waals surface area contributed by atoms with E-state index in [0.29, 0.717) is 22.6 Å². The molecule has 1 aromatic carbocycles. The number of methoxy groups -OCH3 is 1. The monoisotopic (exact) mass is 286 g/mol. The van der Waals surface area contributed by atoms with Crippen LogP contribution in [0.25, 0.3) is 11.3 Å². The van der Waals surface area contributed by atoms with Crippen molar-refractivity contribution in [3.8, 4) is 23.1 Å². The van der Waals surface area contributed by atoms with Crippen LogP contribution in [0.4, 0.5) is 0 Å². The minimum absolute atomic E-state index is 0.139. The Hall–Kier alpha value is -2.36. The molecule has 0 saturated heterocycles. The summed E-state index contributed by atoms with van der Waals surface area (Å²) in [5.41, 5.74) is 0.406. The molecule has 6 nitrogen and oxygen atoms in total. The Morgan fingerprint density at radius 2 is 2.29 bits per heavy atom. The molecule has 1 aromatic heterocycles. The number of nitrogens with zero attached hydrogens (tertiary/aromatic N) is 3. The van der Waals surface area contributed by atoms with Crippen LogP contribution in [0.1, 0.15) is 12.5 Å². The van der Waals surface area contributed by atoms with Crippen LogP contribution >= 0.6 is 0 Å². The third-order valence-corrected chi connectivity index (χ3v) is 3.01. The first-order chi connectivity index (χ1) is 9.99. The lowest BCUT2D eigenvalue weighted by Gasteiger charge is -2.19. The molecule has 1 atom stereocenters. The lowest BCUT2D eigenvalue weighted by atomic mass is 10.1. The summed E-state index contributed by atoms with van der Waals surface area (Å²) in [5.74, 6) is 0.587. The highest BCUT2D eigenvalue weighted by Crippen LogP contribution is 2.29. The third-order valence-electron chi connectivity index (χ3n) is 3.01. The van der Waals surface area contributed by atoms with Crippen molar-refractivity contribution in [3.63, 3.8) is 0 Å². The number of hydrogen-bond donors (Lipinski definition) is 2. The van der Waals surface area contributed by atoms with Gasteiger partial charge in [-0.1, -0.05) is 0 Å². The number of benzene rings is 1. The van der Waals surface area contributed by atoms with Gasteiger partial charge in [0.15, 0.2) is 0 Å². The van der Waals surface area contributed by atoms with E-state index in [9.17, 15) is 5.11 Å². The average molecular weight is 286 g/mol. The van der Waals surface area contributed by atoms with Gasteiger partial charge >= 0.3 is 0 Å². The van der Waals surface area contributed by atoms with Crippen molar-refractivity contribution in [2.75, 3.05) is 13.7 Å². The average Bonchev–Trinajstić information content (AvgIpc) is 2.94. The van der Waals surface area contributed by atoms with E-state index in [1.54, 1.807) is 31.5 Å². The molecule has 1 heterocycles. The third kappa shape index (κ3) is 3.40. The summed E-state index contributed by atoms with van der Waals surface area (Å²) in [6.07, 6.45) is 1.58. The summed E-state index contributed by atoms with van der Waals surface area (Å²) in [6, 6.07) is 10.1. The largest absolute Gasteiger partial charge is 0.496 e. The van der Waals surface area contributed by atoms with E-state index in [1.807, 2.05) is 0 Å². The Kier molecular flexibility index (Phi) is 4.26. The second-order valence-electron chi connectivity index (χ2n) is 5.00. The molecule has 2 N–H and O–H groups in total.